The van der Waals surface area contributed by atoms with Crippen molar-refractivity contribution in [3.63, 3.8) is 0 Å². The zero-order valence-corrected chi connectivity index (χ0v) is 37.5. The third-order valence-corrected chi connectivity index (χ3v) is 15.1. The number of hydrogen-bond acceptors (Lipinski definition) is 10. The monoisotopic (exact) mass is 931 g/mol. The van der Waals surface area contributed by atoms with Gasteiger partial charge in [0.15, 0.2) is 11.5 Å². The van der Waals surface area contributed by atoms with E-state index in [1.165, 1.54) is 43.1 Å². The number of nitrogens with one attached hydrogen (secondary N) is 1. The number of alkyl carbamates (subject to hydrolysis) is 1. The molecule has 4 aliphatic rings. The number of piperidine rings is 3. The molecule has 4 saturated heterocycles. The molecule has 0 spiro atoms. The Morgan fingerprint density at radius 3 is 2.17 bits per heavy atom. The second kappa shape index (κ2) is 19.3. The van der Waals surface area contributed by atoms with Gasteiger partial charge in [0, 0.05) is 35.3 Å². The molecule has 1 aromatic heterocycles. The third kappa shape index (κ3) is 9.59. The molecule has 1 amide bonds. The Labute approximate surface area is 381 Å². The Morgan fingerprint density at radius 1 is 0.844 bits per heavy atom. The van der Waals surface area contributed by atoms with Crippen molar-refractivity contribution >= 4 is 45.3 Å². The SMILES string of the molecule is COc1ccc([C@H](Cc2c(Cl)c[n+](O)cc2Cl)C2C(C(=O)O)CN2S(=O)(=O)c2ccc(COc3cccc([C@@H](NC(=O)O[C@H]4CN5CCC4CC5)c4ccccc4)c3)cc2)cc1OC. The van der Waals surface area contributed by atoms with Crippen molar-refractivity contribution in [2.24, 2.45) is 11.8 Å². The number of methoxy groups -OCH3 is 2. The number of amides is 1. The van der Waals surface area contributed by atoms with Crippen LogP contribution in [0.5, 0.6) is 17.2 Å². The number of pyridine rings is 1. The van der Waals surface area contributed by atoms with Crippen LogP contribution in [0.2, 0.25) is 10.0 Å². The quantitative estimate of drug-likeness (QED) is 0.0681. The van der Waals surface area contributed by atoms with Gasteiger partial charge < -0.3 is 29.4 Å². The second-order valence-corrected chi connectivity index (χ2v) is 19.0. The number of ether oxygens (including phenoxy) is 4. The fourth-order valence-electron chi connectivity index (χ4n) is 9.11. The number of rotatable bonds is 16. The van der Waals surface area contributed by atoms with Crippen LogP contribution < -0.4 is 24.3 Å². The predicted molar refractivity (Wildman–Crippen MR) is 237 cm³/mol. The van der Waals surface area contributed by atoms with Gasteiger partial charge in [-0.25, -0.2) is 13.2 Å². The van der Waals surface area contributed by atoms with Gasteiger partial charge in [-0.3, -0.25) is 14.9 Å². The summed E-state index contributed by atoms with van der Waals surface area (Å²) in [6, 6.07) is 26.8. The van der Waals surface area contributed by atoms with Crippen molar-refractivity contribution in [3.05, 3.63) is 147 Å². The number of aromatic nitrogens is 1. The van der Waals surface area contributed by atoms with Crippen LogP contribution in [0.25, 0.3) is 0 Å². The number of carbonyl (C=O) groups is 2. The van der Waals surface area contributed by atoms with Gasteiger partial charge in [0.25, 0.3) is 0 Å². The predicted octanol–water partition coefficient (Wildman–Crippen LogP) is 7.12. The Kier molecular flexibility index (Phi) is 13.5. The highest BCUT2D eigenvalue weighted by Gasteiger charge is 2.54. The maximum atomic E-state index is 14.4. The van der Waals surface area contributed by atoms with Crippen LogP contribution in [0.3, 0.4) is 0 Å². The molecular weight excluding hydrogens is 884 g/mol. The summed E-state index contributed by atoms with van der Waals surface area (Å²) >= 11 is 13.1. The first-order chi connectivity index (χ1) is 30.8. The van der Waals surface area contributed by atoms with Crippen LogP contribution >= 0.6 is 23.2 Å². The van der Waals surface area contributed by atoms with Crippen LogP contribution in [0.1, 0.15) is 52.6 Å². The van der Waals surface area contributed by atoms with Gasteiger partial charge in [-0.15, -0.1) is 0 Å². The number of halogens is 2. The minimum absolute atomic E-state index is 0.0257. The number of benzene rings is 4. The van der Waals surface area contributed by atoms with E-state index in [4.69, 9.17) is 42.1 Å². The van der Waals surface area contributed by atoms with Gasteiger partial charge in [-0.05, 0) is 96.9 Å². The molecular formula is C47H49Cl2N4O10S+. The summed E-state index contributed by atoms with van der Waals surface area (Å²) in [6.07, 6.45) is 3.97. The average molecular weight is 933 g/mol. The third-order valence-electron chi connectivity index (χ3n) is 12.6. The number of aliphatic carboxylic acids is 1. The van der Waals surface area contributed by atoms with Crippen LogP contribution in [-0.4, -0.2) is 92.5 Å². The molecule has 9 rings (SSSR count). The number of nitrogens with zero attached hydrogens (tertiary/aromatic N) is 3. The molecule has 64 heavy (non-hydrogen) atoms. The molecule has 2 unspecified atom stereocenters. The minimum Gasteiger partial charge on any atom is -0.493 e. The molecule has 14 nitrogen and oxygen atoms in total. The summed E-state index contributed by atoms with van der Waals surface area (Å²) in [6.45, 7) is 2.68. The van der Waals surface area contributed by atoms with Crippen molar-refractivity contribution < 1.29 is 52.0 Å². The van der Waals surface area contributed by atoms with Gasteiger partial charge >= 0.3 is 12.1 Å². The average Bonchev–Trinajstić information content (AvgIpc) is 3.28. The Balaban J connectivity index is 0.998. The molecule has 2 bridgehead atoms. The number of hydrogen-bond donors (Lipinski definition) is 3. The highest BCUT2D eigenvalue weighted by atomic mass is 35.5. The van der Waals surface area contributed by atoms with E-state index in [0.717, 1.165) is 43.6 Å². The molecule has 4 fully saturated rings. The lowest BCUT2D eigenvalue weighted by Crippen LogP contribution is -2.63. The van der Waals surface area contributed by atoms with E-state index >= 15 is 0 Å². The maximum Gasteiger partial charge on any atom is 0.408 e. The first kappa shape index (κ1) is 45.0. The summed E-state index contributed by atoms with van der Waals surface area (Å²) in [7, 11) is -1.30. The molecule has 0 saturated carbocycles. The normalized spacial score (nSPS) is 21.5. The standard InChI is InChI=1S/C47H48Cl2N4O10S/c1-60-41-16-13-32(22-42(41)61-2)36(23-37-39(48)25-52(57)26-40(37)49)45-38(46(54)55)24-53(45)64(58,59)35-14-11-29(12-15-35)28-62-34-10-6-9-33(21-34)44(31-7-4-3-5-8-31)50-47(56)63-43-27-51-19-17-30(43)18-20-51/h3-16,21-22,25-26,30,36,38,43-45H,17-20,23-24,27-28H2,1-2H3,(H2-,50,54,55,56,57)/p+1/t36-,38?,43-,44-,45?/m0/s1. The topological polar surface area (TPSA) is 168 Å². The number of carboxylic acid groups (broad SMARTS) is 1. The smallest absolute Gasteiger partial charge is 0.408 e. The van der Waals surface area contributed by atoms with Gasteiger partial charge in [0.05, 0.1) is 31.1 Å². The van der Waals surface area contributed by atoms with E-state index in [9.17, 15) is 28.3 Å². The molecule has 5 aromatic rings. The summed E-state index contributed by atoms with van der Waals surface area (Å²) < 4.78 is 54.0. The highest BCUT2D eigenvalue weighted by Crippen LogP contribution is 2.45. The Bertz CT molecular complexity index is 2570. The second-order valence-electron chi connectivity index (χ2n) is 16.3. The van der Waals surface area contributed by atoms with E-state index in [1.807, 2.05) is 54.6 Å². The fourth-order valence-corrected chi connectivity index (χ4v) is 11.4. The molecule has 336 valence electrons. The number of sulfonamides is 1. The number of fused-ring (bicyclic) bond motifs is 3. The zero-order chi connectivity index (χ0) is 45.1. The fraction of sp³-hybridized carbons (Fsp3) is 0.340. The van der Waals surface area contributed by atoms with E-state index in [1.54, 1.807) is 30.3 Å². The molecule has 5 atom stereocenters. The van der Waals surface area contributed by atoms with Crippen LogP contribution in [-0.2, 0) is 32.6 Å². The van der Waals surface area contributed by atoms with Gasteiger partial charge in [-0.1, -0.05) is 83.9 Å². The molecule has 5 heterocycles. The summed E-state index contributed by atoms with van der Waals surface area (Å²) in [5.41, 5.74) is 3.31. The first-order valence-electron chi connectivity index (χ1n) is 20.9. The lowest BCUT2D eigenvalue weighted by Gasteiger charge is -2.48. The summed E-state index contributed by atoms with van der Waals surface area (Å²) in [4.78, 5) is 28.4. The van der Waals surface area contributed by atoms with Gasteiger partial charge in [0.2, 0.25) is 22.4 Å². The molecule has 0 aliphatic carbocycles. The zero-order valence-electron chi connectivity index (χ0n) is 35.2. The number of carbonyl (C=O) groups excluding carboxylic acids is 1. The molecule has 17 heteroatoms. The molecule has 4 aromatic carbocycles. The number of carboxylic acids is 1. The Morgan fingerprint density at radius 2 is 1.53 bits per heavy atom. The van der Waals surface area contributed by atoms with Gasteiger partial charge in [-0.2, -0.15) is 4.31 Å². The van der Waals surface area contributed by atoms with Crippen LogP contribution in [0, 0.1) is 11.8 Å². The van der Waals surface area contributed by atoms with E-state index in [0.29, 0.717) is 44.6 Å². The lowest BCUT2D eigenvalue weighted by atomic mass is 9.75. The molecule has 0 radical (unpaired) electrons. The van der Waals surface area contributed by atoms with Crippen molar-refractivity contribution in [2.75, 3.05) is 40.4 Å². The molecule has 4 aliphatic heterocycles. The summed E-state index contributed by atoms with van der Waals surface area (Å²) in [5.74, 6) is -1.32. The molecule has 3 N–H and O–H groups in total. The summed E-state index contributed by atoms with van der Waals surface area (Å²) in [5, 5.41) is 23.7. The maximum absolute atomic E-state index is 14.4. The first-order valence-corrected chi connectivity index (χ1v) is 23.1. The highest BCUT2D eigenvalue weighted by molar-refractivity contribution is 7.89. The van der Waals surface area contributed by atoms with Crippen molar-refractivity contribution in [1.29, 1.82) is 0 Å². The van der Waals surface area contributed by atoms with Crippen molar-refractivity contribution in [2.45, 2.75) is 54.9 Å². The van der Waals surface area contributed by atoms with Crippen molar-refractivity contribution in [3.8, 4) is 17.2 Å². The van der Waals surface area contributed by atoms with Crippen LogP contribution in [0.15, 0.2) is 114 Å². The van der Waals surface area contributed by atoms with Crippen LogP contribution in [0.4, 0.5) is 4.79 Å². The van der Waals surface area contributed by atoms with Gasteiger partial charge in [0.1, 0.15) is 28.5 Å². The Hall–Kier alpha value is -5.58. The van der Waals surface area contributed by atoms with E-state index in [-0.39, 0.29) is 40.6 Å². The lowest BCUT2D eigenvalue weighted by molar-refractivity contribution is -0.904. The minimum atomic E-state index is -4.25. The van der Waals surface area contributed by atoms with Crippen molar-refractivity contribution in [1.82, 2.24) is 14.5 Å². The largest absolute Gasteiger partial charge is 0.493 e. The van der Waals surface area contributed by atoms with E-state index in [2.05, 4.69) is 10.2 Å². The van der Waals surface area contributed by atoms with E-state index < -0.39 is 46.0 Å².